The lowest BCUT2D eigenvalue weighted by Crippen LogP contribution is -2.34. The van der Waals surface area contributed by atoms with Crippen LogP contribution in [0.1, 0.15) is 19.8 Å². The zero-order valence-corrected chi connectivity index (χ0v) is 9.21. The molecule has 0 amide bonds. The van der Waals surface area contributed by atoms with Crippen LogP contribution in [0.25, 0.3) is 0 Å². The molecule has 0 fully saturated rings. The molecule has 76 valence electrons. The van der Waals surface area contributed by atoms with Crippen LogP contribution in [0, 0.1) is 0 Å². The van der Waals surface area contributed by atoms with Gasteiger partial charge in [-0.3, -0.25) is 4.90 Å². The predicted molar refractivity (Wildman–Crippen MR) is 58.0 cm³/mol. The lowest BCUT2D eigenvalue weighted by molar-refractivity contribution is 0.254. The molecule has 2 nitrogen and oxygen atoms in total. The highest BCUT2D eigenvalue weighted by Crippen LogP contribution is 2.12. The molecule has 0 aromatic heterocycles. The summed E-state index contributed by atoms with van der Waals surface area (Å²) in [6.07, 6.45) is 4.92. The van der Waals surface area contributed by atoms with Crippen LogP contribution in [0.4, 0.5) is 0 Å². The Morgan fingerprint density at radius 2 is 2.23 bits per heavy atom. The third-order valence-electron chi connectivity index (χ3n) is 2.70. The second-order valence-electron chi connectivity index (χ2n) is 4.07. The first-order valence-corrected chi connectivity index (χ1v) is 5.27. The molecule has 1 rings (SSSR count). The smallest absolute Gasteiger partial charge is 0.0166 e. The minimum atomic E-state index is 1.16. The van der Waals surface area contributed by atoms with Crippen molar-refractivity contribution in [1.82, 2.24) is 9.80 Å². The monoisotopic (exact) mass is 182 g/mol. The lowest BCUT2D eigenvalue weighted by atomic mass is 10.1. The Bertz CT molecular complexity index is 173. The molecule has 0 bridgehead atoms. The van der Waals surface area contributed by atoms with Gasteiger partial charge in [-0.25, -0.2) is 0 Å². The van der Waals surface area contributed by atoms with E-state index in [1.54, 1.807) is 5.57 Å². The summed E-state index contributed by atoms with van der Waals surface area (Å²) in [4.78, 5) is 4.78. The highest BCUT2D eigenvalue weighted by Gasteiger charge is 2.09. The van der Waals surface area contributed by atoms with E-state index in [0.29, 0.717) is 0 Å². The Labute approximate surface area is 82.2 Å². The van der Waals surface area contributed by atoms with Crippen LogP contribution in [0.5, 0.6) is 0 Å². The van der Waals surface area contributed by atoms with Crippen LogP contribution < -0.4 is 0 Å². The normalized spacial score (nSPS) is 19.2. The molecule has 0 atom stereocenters. The summed E-state index contributed by atoms with van der Waals surface area (Å²) in [5.74, 6) is 0. The summed E-state index contributed by atoms with van der Waals surface area (Å²) in [6, 6.07) is 0. The van der Waals surface area contributed by atoms with Crippen molar-refractivity contribution in [2.45, 2.75) is 19.8 Å². The van der Waals surface area contributed by atoms with Gasteiger partial charge in [-0.1, -0.05) is 18.6 Å². The second-order valence-corrected chi connectivity index (χ2v) is 4.07. The van der Waals surface area contributed by atoms with Crippen LogP contribution in [-0.2, 0) is 0 Å². The van der Waals surface area contributed by atoms with Crippen molar-refractivity contribution in [3.63, 3.8) is 0 Å². The van der Waals surface area contributed by atoms with E-state index < -0.39 is 0 Å². The summed E-state index contributed by atoms with van der Waals surface area (Å²) >= 11 is 0. The maximum atomic E-state index is 2.53. The van der Waals surface area contributed by atoms with E-state index in [1.807, 2.05) is 0 Å². The van der Waals surface area contributed by atoms with Crippen molar-refractivity contribution in [2.24, 2.45) is 0 Å². The second kappa shape index (κ2) is 5.40. The van der Waals surface area contributed by atoms with Gasteiger partial charge in [0.25, 0.3) is 0 Å². The molecular formula is C11H22N2. The summed E-state index contributed by atoms with van der Waals surface area (Å²) < 4.78 is 0. The zero-order chi connectivity index (χ0) is 9.68. The van der Waals surface area contributed by atoms with Crippen LogP contribution in [0.15, 0.2) is 11.6 Å². The van der Waals surface area contributed by atoms with Crippen molar-refractivity contribution >= 4 is 0 Å². The molecular weight excluding hydrogens is 160 g/mol. The van der Waals surface area contributed by atoms with Crippen LogP contribution >= 0.6 is 0 Å². The summed E-state index contributed by atoms with van der Waals surface area (Å²) in [7, 11) is 4.27. The maximum absolute atomic E-state index is 2.53. The molecule has 0 aliphatic carbocycles. The Kier molecular flexibility index (Phi) is 4.46. The number of hydrogen-bond donors (Lipinski definition) is 0. The van der Waals surface area contributed by atoms with Crippen molar-refractivity contribution in [1.29, 1.82) is 0 Å². The van der Waals surface area contributed by atoms with E-state index in [1.165, 1.54) is 32.5 Å². The molecule has 1 aliphatic heterocycles. The molecule has 0 saturated heterocycles. The van der Waals surface area contributed by atoms with Gasteiger partial charge in [0.2, 0.25) is 0 Å². The third kappa shape index (κ3) is 3.92. The first-order chi connectivity index (χ1) is 6.22. The highest BCUT2D eigenvalue weighted by atomic mass is 15.2. The molecule has 2 heteroatoms. The summed E-state index contributed by atoms with van der Waals surface area (Å²) in [5, 5.41) is 0. The van der Waals surface area contributed by atoms with Gasteiger partial charge in [0.1, 0.15) is 0 Å². The van der Waals surface area contributed by atoms with Gasteiger partial charge in [-0.05, 0) is 26.9 Å². The predicted octanol–water partition coefficient (Wildman–Crippen LogP) is 1.59. The molecule has 1 heterocycles. The average Bonchev–Trinajstić information content (AvgIpc) is 2.15. The zero-order valence-electron chi connectivity index (χ0n) is 9.21. The molecule has 13 heavy (non-hydrogen) atoms. The number of hydrogen-bond acceptors (Lipinski definition) is 2. The quantitative estimate of drug-likeness (QED) is 0.609. The van der Waals surface area contributed by atoms with Gasteiger partial charge in [0, 0.05) is 26.2 Å². The van der Waals surface area contributed by atoms with E-state index in [9.17, 15) is 0 Å². The number of likely N-dealkylation sites (N-methyl/N-ethyl adjacent to an activating group) is 1. The molecule has 0 saturated carbocycles. The Balaban J connectivity index is 2.21. The van der Waals surface area contributed by atoms with Crippen LogP contribution in [0.3, 0.4) is 0 Å². The number of nitrogens with zero attached hydrogens (tertiary/aromatic N) is 2. The van der Waals surface area contributed by atoms with Gasteiger partial charge < -0.3 is 4.90 Å². The topological polar surface area (TPSA) is 6.48 Å². The molecule has 0 unspecified atom stereocenters. The fraction of sp³-hybridized carbons (Fsp3) is 0.818. The molecule has 1 aliphatic rings. The third-order valence-corrected chi connectivity index (χ3v) is 2.70. The van der Waals surface area contributed by atoms with Crippen molar-refractivity contribution in [3.05, 3.63) is 11.6 Å². The summed E-state index contributed by atoms with van der Waals surface area (Å²) in [5.41, 5.74) is 1.64. The lowest BCUT2D eigenvalue weighted by Gasteiger charge is -2.27. The van der Waals surface area contributed by atoms with Crippen molar-refractivity contribution in [2.75, 3.05) is 40.3 Å². The minimum Gasteiger partial charge on any atom is -0.308 e. The molecule has 0 spiro atoms. The van der Waals surface area contributed by atoms with Crippen LogP contribution in [0.2, 0.25) is 0 Å². The van der Waals surface area contributed by atoms with E-state index in [0.717, 1.165) is 6.54 Å². The summed E-state index contributed by atoms with van der Waals surface area (Å²) in [6.45, 7) is 7.06. The van der Waals surface area contributed by atoms with Gasteiger partial charge in [0.05, 0.1) is 0 Å². The van der Waals surface area contributed by atoms with E-state index in [4.69, 9.17) is 0 Å². The molecule has 0 radical (unpaired) electrons. The Hall–Kier alpha value is -0.340. The fourth-order valence-corrected chi connectivity index (χ4v) is 1.62. The minimum absolute atomic E-state index is 1.16. The van der Waals surface area contributed by atoms with E-state index in [2.05, 4.69) is 36.9 Å². The SMILES string of the molecule is CCC1=CCN(CCN(C)C)CC1. The fourth-order valence-electron chi connectivity index (χ4n) is 1.62. The Morgan fingerprint density at radius 1 is 1.46 bits per heavy atom. The first kappa shape index (κ1) is 10.7. The van der Waals surface area contributed by atoms with Crippen LogP contribution in [-0.4, -0.2) is 50.1 Å². The van der Waals surface area contributed by atoms with Crippen molar-refractivity contribution in [3.8, 4) is 0 Å². The van der Waals surface area contributed by atoms with Gasteiger partial charge in [-0.2, -0.15) is 0 Å². The maximum Gasteiger partial charge on any atom is 0.0166 e. The molecule has 0 aromatic carbocycles. The first-order valence-electron chi connectivity index (χ1n) is 5.27. The van der Waals surface area contributed by atoms with Crippen molar-refractivity contribution < 1.29 is 0 Å². The van der Waals surface area contributed by atoms with Gasteiger partial charge in [-0.15, -0.1) is 0 Å². The Morgan fingerprint density at radius 3 is 2.69 bits per heavy atom. The average molecular weight is 182 g/mol. The molecule has 0 aromatic rings. The largest absolute Gasteiger partial charge is 0.308 e. The standard InChI is InChI=1S/C11H22N2/c1-4-11-5-7-13(8-6-11)10-9-12(2)3/h5H,4,6-10H2,1-3H3. The van der Waals surface area contributed by atoms with E-state index >= 15 is 0 Å². The van der Waals surface area contributed by atoms with E-state index in [-0.39, 0.29) is 0 Å². The van der Waals surface area contributed by atoms with Gasteiger partial charge in [0.15, 0.2) is 0 Å². The van der Waals surface area contributed by atoms with Gasteiger partial charge >= 0.3 is 0 Å². The highest BCUT2D eigenvalue weighted by molar-refractivity contribution is 5.06. The molecule has 0 N–H and O–H groups in total. The number of rotatable bonds is 4.